The highest BCUT2D eigenvalue weighted by Gasteiger charge is 2.37. The Labute approximate surface area is 85.0 Å². The van der Waals surface area contributed by atoms with Crippen molar-refractivity contribution in [2.75, 3.05) is 39.8 Å². The summed E-state index contributed by atoms with van der Waals surface area (Å²) in [6.45, 7) is 4.73. The molecular formula is C10H17N3O. The second-order valence-corrected chi connectivity index (χ2v) is 4.27. The first-order valence-corrected chi connectivity index (χ1v) is 5.21. The summed E-state index contributed by atoms with van der Waals surface area (Å²) in [5.74, 6) is 0. The molecule has 3 aliphatic rings. The number of ether oxygens (including phenoxy) is 1. The second-order valence-electron chi connectivity index (χ2n) is 4.27. The van der Waals surface area contributed by atoms with Crippen LogP contribution in [0.5, 0.6) is 0 Å². The van der Waals surface area contributed by atoms with Crippen LogP contribution in [0.15, 0.2) is 0 Å². The highest BCUT2D eigenvalue weighted by Crippen LogP contribution is 2.27. The number of rotatable bonds is 4. The Balaban J connectivity index is 1.64. The third kappa shape index (κ3) is 2.24. The van der Waals surface area contributed by atoms with Crippen LogP contribution in [-0.4, -0.2) is 61.8 Å². The lowest BCUT2D eigenvalue weighted by atomic mass is 9.99. The number of piperidine rings is 1. The molecule has 78 valence electrons. The third-order valence-corrected chi connectivity index (χ3v) is 2.97. The summed E-state index contributed by atoms with van der Waals surface area (Å²) in [7, 11) is 1.99. The van der Waals surface area contributed by atoms with Gasteiger partial charge in [-0.05, 0) is 7.05 Å². The van der Waals surface area contributed by atoms with Crippen molar-refractivity contribution in [3.63, 3.8) is 0 Å². The Morgan fingerprint density at radius 2 is 2.14 bits per heavy atom. The predicted octanol–water partition coefficient (Wildman–Crippen LogP) is -0.0851. The number of nitrogens with zero attached hydrogens (tertiary/aromatic N) is 3. The van der Waals surface area contributed by atoms with E-state index in [0.717, 1.165) is 26.2 Å². The highest BCUT2D eigenvalue weighted by molar-refractivity contribution is 4.89. The monoisotopic (exact) mass is 195 g/mol. The zero-order valence-electron chi connectivity index (χ0n) is 8.65. The number of morpholine rings is 1. The van der Waals surface area contributed by atoms with Gasteiger partial charge in [0.2, 0.25) is 0 Å². The molecule has 14 heavy (non-hydrogen) atoms. The van der Waals surface area contributed by atoms with Crippen molar-refractivity contribution in [3.8, 4) is 6.07 Å². The van der Waals surface area contributed by atoms with Gasteiger partial charge in [-0.2, -0.15) is 5.26 Å². The fourth-order valence-corrected chi connectivity index (χ4v) is 2.13. The minimum atomic E-state index is 0.495. The molecule has 0 aliphatic carbocycles. The van der Waals surface area contributed by atoms with Gasteiger partial charge in [0.15, 0.2) is 0 Å². The van der Waals surface area contributed by atoms with E-state index in [1.54, 1.807) is 0 Å². The van der Waals surface area contributed by atoms with E-state index < -0.39 is 0 Å². The number of hydrogen-bond donors (Lipinski definition) is 0. The van der Waals surface area contributed by atoms with E-state index >= 15 is 0 Å². The Bertz CT molecular complexity index is 222. The van der Waals surface area contributed by atoms with Crippen molar-refractivity contribution in [3.05, 3.63) is 0 Å². The molecule has 3 heterocycles. The molecule has 2 bridgehead atoms. The predicted molar refractivity (Wildman–Crippen MR) is 52.8 cm³/mol. The van der Waals surface area contributed by atoms with Crippen LogP contribution in [0.4, 0.5) is 0 Å². The lowest BCUT2D eigenvalue weighted by molar-refractivity contribution is -0.180. The normalized spacial score (nSPS) is 31.2. The van der Waals surface area contributed by atoms with Gasteiger partial charge in [-0.25, -0.2) is 0 Å². The Hall–Kier alpha value is -0.630. The van der Waals surface area contributed by atoms with E-state index in [-0.39, 0.29) is 0 Å². The van der Waals surface area contributed by atoms with Crippen LogP contribution in [-0.2, 0) is 4.74 Å². The Morgan fingerprint density at radius 1 is 1.50 bits per heavy atom. The van der Waals surface area contributed by atoms with Crippen molar-refractivity contribution in [2.24, 2.45) is 0 Å². The first-order valence-electron chi connectivity index (χ1n) is 5.21. The summed E-state index contributed by atoms with van der Waals surface area (Å²) < 4.78 is 5.55. The molecular weight excluding hydrogens is 178 g/mol. The van der Waals surface area contributed by atoms with Gasteiger partial charge in [-0.1, -0.05) is 0 Å². The van der Waals surface area contributed by atoms with Crippen LogP contribution < -0.4 is 0 Å². The number of nitriles is 1. The van der Waals surface area contributed by atoms with Crippen LogP contribution in [0.25, 0.3) is 0 Å². The average molecular weight is 195 g/mol. The minimum absolute atomic E-state index is 0.495. The van der Waals surface area contributed by atoms with E-state index in [1.807, 2.05) is 7.05 Å². The molecule has 0 radical (unpaired) electrons. The fourth-order valence-electron chi connectivity index (χ4n) is 2.13. The molecule has 3 aliphatic heterocycles. The molecule has 0 saturated carbocycles. The second kappa shape index (κ2) is 4.26. The van der Waals surface area contributed by atoms with E-state index in [0.29, 0.717) is 18.8 Å². The van der Waals surface area contributed by atoms with Crippen molar-refractivity contribution in [1.82, 2.24) is 9.80 Å². The van der Waals surface area contributed by atoms with Crippen LogP contribution in [0.2, 0.25) is 0 Å². The number of hydrogen-bond acceptors (Lipinski definition) is 4. The van der Waals surface area contributed by atoms with Gasteiger partial charge in [-0.3, -0.25) is 9.80 Å². The smallest absolute Gasteiger partial charge is 0.0863 e. The summed E-state index contributed by atoms with van der Waals surface area (Å²) in [5.41, 5.74) is 0. The van der Waals surface area contributed by atoms with E-state index in [9.17, 15) is 0 Å². The molecule has 0 spiro atoms. The van der Waals surface area contributed by atoms with Crippen LogP contribution >= 0.6 is 0 Å². The molecule has 0 amide bonds. The maximum atomic E-state index is 8.50. The van der Waals surface area contributed by atoms with E-state index in [1.165, 1.54) is 6.42 Å². The zero-order chi connectivity index (χ0) is 9.97. The van der Waals surface area contributed by atoms with E-state index in [2.05, 4.69) is 15.9 Å². The molecule has 0 N–H and O–H groups in total. The number of likely N-dealkylation sites (N-methyl/N-ethyl adjacent to an activating group) is 1. The first-order chi connectivity index (χ1) is 6.78. The SMILES string of the molecule is CN(CC#N)CCN1CC2CC(C1)O2. The summed E-state index contributed by atoms with van der Waals surface area (Å²) in [6, 6.07) is 2.16. The summed E-state index contributed by atoms with van der Waals surface area (Å²) in [6.07, 6.45) is 2.25. The van der Waals surface area contributed by atoms with Crippen LogP contribution in [0.1, 0.15) is 6.42 Å². The zero-order valence-corrected chi connectivity index (χ0v) is 8.65. The standard InChI is InChI=1S/C10H17N3O/c1-12(3-2-11)4-5-13-7-9-6-10(8-13)14-9/h9-10H,3-8H2,1H3. The molecule has 2 unspecified atom stereocenters. The van der Waals surface area contributed by atoms with Gasteiger partial charge in [-0.15, -0.1) is 0 Å². The molecule has 3 fully saturated rings. The van der Waals surface area contributed by atoms with Crippen molar-refractivity contribution < 1.29 is 4.74 Å². The average Bonchev–Trinajstić information content (AvgIpc) is 2.15. The van der Waals surface area contributed by atoms with Crippen LogP contribution in [0, 0.1) is 11.3 Å². The van der Waals surface area contributed by atoms with Crippen molar-refractivity contribution in [1.29, 1.82) is 5.26 Å². The maximum Gasteiger partial charge on any atom is 0.0863 e. The van der Waals surface area contributed by atoms with Gasteiger partial charge in [0, 0.05) is 32.6 Å². The highest BCUT2D eigenvalue weighted by atomic mass is 16.5. The lowest BCUT2D eigenvalue weighted by Gasteiger charge is -2.47. The fraction of sp³-hybridized carbons (Fsp3) is 0.900. The molecule has 4 nitrogen and oxygen atoms in total. The largest absolute Gasteiger partial charge is 0.372 e. The molecule has 0 aromatic rings. The first kappa shape index (κ1) is 9.91. The molecule has 3 saturated heterocycles. The summed E-state index contributed by atoms with van der Waals surface area (Å²) in [4.78, 5) is 4.50. The van der Waals surface area contributed by atoms with Gasteiger partial charge < -0.3 is 4.74 Å². The molecule has 0 aromatic carbocycles. The Morgan fingerprint density at radius 3 is 2.71 bits per heavy atom. The molecule has 2 atom stereocenters. The molecule has 4 heteroatoms. The van der Waals surface area contributed by atoms with Crippen molar-refractivity contribution >= 4 is 0 Å². The van der Waals surface area contributed by atoms with Crippen LogP contribution in [0.3, 0.4) is 0 Å². The van der Waals surface area contributed by atoms with Gasteiger partial charge >= 0.3 is 0 Å². The molecule has 3 rings (SSSR count). The van der Waals surface area contributed by atoms with Gasteiger partial charge in [0.05, 0.1) is 24.8 Å². The van der Waals surface area contributed by atoms with Gasteiger partial charge in [0.1, 0.15) is 0 Å². The van der Waals surface area contributed by atoms with E-state index in [4.69, 9.17) is 10.00 Å². The summed E-state index contributed by atoms with van der Waals surface area (Å²) >= 11 is 0. The topological polar surface area (TPSA) is 39.5 Å². The quantitative estimate of drug-likeness (QED) is 0.588. The molecule has 0 aromatic heterocycles. The third-order valence-electron chi connectivity index (χ3n) is 2.97. The minimum Gasteiger partial charge on any atom is -0.372 e. The van der Waals surface area contributed by atoms with Gasteiger partial charge in [0.25, 0.3) is 0 Å². The summed E-state index contributed by atoms with van der Waals surface area (Å²) in [5, 5.41) is 8.50. The Kier molecular flexibility index (Phi) is 3.02. The number of fused-ring (bicyclic) bond motifs is 2. The van der Waals surface area contributed by atoms with Crippen molar-refractivity contribution in [2.45, 2.75) is 18.6 Å². The maximum absolute atomic E-state index is 8.50. The lowest BCUT2D eigenvalue weighted by Crippen LogP contribution is -2.58.